The summed E-state index contributed by atoms with van der Waals surface area (Å²) in [5.41, 5.74) is 1.88. The first kappa shape index (κ1) is 29.0. The molecule has 0 N–H and O–H groups in total. The average molecular weight is 507 g/mol. The molecule has 0 aliphatic rings. The van der Waals surface area contributed by atoms with Gasteiger partial charge in [-0.25, -0.2) is 8.78 Å². The van der Waals surface area contributed by atoms with Gasteiger partial charge in [-0.05, 0) is 19.3 Å². The lowest BCUT2D eigenvalue weighted by Crippen LogP contribution is -2.64. The maximum absolute atomic E-state index is 15.9. The van der Waals surface area contributed by atoms with Crippen molar-refractivity contribution in [2.45, 2.75) is 83.6 Å². The van der Waals surface area contributed by atoms with Gasteiger partial charge in [0.2, 0.25) is 0 Å². The minimum Gasteiger partial charge on any atom is -0.311 e. The van der Waals surface area contributed by atoms with E-state index in [0.29, 0.717) is 6.42 Å². The second-order valence-electron chi connectivity index (χ2n) is 10.5. The number of hydrogen-bond donors (Lipinski definition) is 0. The van der Waals surface area contributed by atoms with Crippen LogP contribution in [-0.4, -0.2) is 24.1 Å². The lowest BCUT2D eigenvalue weighted by Gasteiger charge is -2.55. The van der Waals surface area contributed by atoms with E-state index in [0.717, 1.165) is 73.8 Å². The molecule has 0 aromatic heterocycles. The molecule has 1 nitrogen and oxygen atoms in total. The van der Waals surface area contributed by atoms with Crippen LogP contribution < -0.4 is 0 Å². The van der Waals surface area contributed by atoms with Gasteiger partial charge in [0.05, 0.1) is 19.6 Å². The van der Waals surface area contributed by atoms with Gasteiger partial charge in [0, 0.05) is 29.5 Å². The van der Waals surface area contributed by atoms with E-state index in [4.69, 9.17) is 0 Å². The van der Waals surface area contributed by atoms with Crippen LogP contribution in [0, 0.1) is 0 Å². The van der Waals surface area contributed by atoms with Crippen LogP contribution in [0.15, 0.2) is 91.0 Å². The summed E-state index contributed by atoms with van der Waals surface area (Å²) in [5, 5.41) is 0. The monoisotopic (exact) mass is 506 g/mol. The van der Waals surface area contributed by atoms with Crippen molar-refractivity contribution in [2.24, 2.45) is 0 Å². The van der Waals surface area contributed by atoms with E-state index in [9.17, 15) is 0 Å². The van der Waals surface area contributed by atoms with Crippen molar-refractivity contribution in [3.8, 4) is 0 Å². The third kappa shape index (κ3) is 6.68. The minimum absolute atomic E-state index is 0.110. The van der Waals surface area contributed by atoms with Gasteiger partial charge in [-0.1, -0.05) is 131 Å². The summed E-state index contributed by atoms with van der Waals surface area (Å²) in [6.07, 6.45) is 6.75. The molecule has 0 heterocycles. The Morgan fingerprint density at radius 2 is 0.865 bits per heavy atom. The molecule has 0 aliphatic carbocycles. The molecular weight excluding hydrogens is 460 g/mol. The van der Waals surface area contributed by atoms with Gasteiger partial charge < -0.3 is 4.48 Å². The first-order valence-corrected chi connectivity index (χ1v) is 14.4. The Balaban J connectivity index is 2.27. The molecule has 3 aromatic rings. The van der Waals surface area contributed by atoms with Crippen LogP contribution in [0.4, 0.5) is 8.78 Å². The Morgan fingerprint density at radius 1 is 0.514 bits per heavy atom. The summed E-state index contributed by atoms with van der Waals surface area (Å²) < 4.78 is 32.5. The highest BCUT2D eigenvalue weighted by Gasteiger charge is 2.53. The van der Waals surface area contributed by atoms with Crippen molar-refractivity contribution in [1.29, 1.82) is 0 Å². The Morgan fingerprint density at radius 3 is 1.22 bits per heavy atom. The lowest BCUT2D eigenvalue weighted by atomic mass is 9.73. The van der Waals surface area contributed by atoms with Crippen LogP contribution in [0.3, 0.4) is 0 Å². The van der Waals surface area contributed by atoms with Gasteiger partial charge >= 0.3 is 0 Å². The molecule has 37 heavy (non-hydrogen) atoms. The number of alkyl halides is 2. The van der Waals surface area contributed by atoms with Crippen molar-refractivity contribution in [1.82, 2.24) is 0 Å². The SMILES string of the molecule is CCCC[N+](CCCC)(CCCC)C(CCC(F)(F)c1ccccc1)(c1ccccc1)c1ccccc1. The molecule has 3 rings (SSSR count). The summed E-state index contributed by atoms with van der Waals surface area (Å²) >= 11 is 0. The highest BCUT2D eigenvalue weighted by molar-refractivity contribution is 5.37. The largest absolute Gasteiger partial charge is 0.311 e. The quantitative estimate of drug-likeness (QED) is 0.170. The molecule has 0 amide bonds. The van der Waals surface area contributed by atoms with Gasteiger partial charge in [0.15, 0.2) is 5.54 Å². The van der Waals surface area contributed by atoms with Crippen LogP contribution in [0.5, 0.6) is 0 Å². The maximum atomic E-state index is 15.9. The normalized spacial score (nSPS) is 12.6. The molecule has 0 spiro atoms. The fraction of sp³-hybridized carbons (Fsp3) is 0.471. The first-order valence-electron chi connectivity index (χ1n) is 14.4. The topological polar surface area (TPSA) is 0 Å². The number of unbranched alkanes of at least 4 members (excludes halogenated alkanes) is 3. The van der Waals surface area contributed by atoms with Crippen LogP contribution in [0.2, 0.25) is 0 Å². The number of benzene rings is 3. The molecule has 3 heteroatoms. The zero-order valence-corrected chi connectivity index (χ0v) is 23.1. The summed E-state index contributed by atoms with van der Waals surface area (Å²) in [7, 11) is 0. The Kier molecular flexibility index (Phi) is 10.9. The molecule has 200 valence electrons. The van der Waals surface area contributed by atoms with Gasteiger partial charge in [0.25, 0.3) is 5.92 Å². The Bertz CT molecular complexity index is 956. The van der Waals surface area contributed by atoms with E-state index in [-0.39, 0.29) is 12.0 Å². The standard InChI is InChI=1S/C34H46F2N/c1-4-7-27-37(28-8-5-2,29-9-6-3)33(30-19-13-10-14-20-30,31-21-15-11-16-22-31)25-26-34(35,36)32-23-17-12-18-24-32/h10-24H,4-9,25-29H2,1-3H3/q+1. The van der Waals surface area contributed by atoms with Gasteiger partial charge in [-0.3, -0.25) is 0 Å². The molecular formula is C34H46F2N+. The van der Waals surface area contributed by atoms with Gasteiger partial charge in [-0.15, -0.1) is 0 Å². The summed E-state index contributed by atoms with van der Waals surface area (Å²) in [6, 6.07) is 29.5. The number of rotatable bonds is 16. The molecule has 0 saturated heterocycles. The van der Waals surface area contributed by atoms with E-state index in [2.05, 4.69) is 69.3 Å². The third-order valence-electron chi connectivity index (χ3n) is 8.13. The van der Waals surface area contributed by atoms with E-state index < -0.39 is 11.5 Å². The number of quaternary nitrogens is 1. The van der Waals surface area contributed by atoms with E-state index >= 15 is 8.78 Å². The van der Waals surface area contributed by atoms with Crippen molar-refractivity contribution in [2.75, 3.05) is 19.6 Å². The van der Waals surface area contributed by atoms with Crippen LogP contribution >= 0.6 is 0 Å². The van der Waals surface area contributed by atoms with Crippen LogP contribution in [-0.2, 0) is 11.5 Å². The molecule has 0 radical (unpaired) electrons. The smallest absolute Gasteiger partial charge is 0.273 e. The molecule has 0 unspecified atom stereocenters. The fourth-order valence-corrected chi connectivity index (χ4v) is 6.12. The molecule has 0 aliphatic heterocycles. The Labute approximate surface area is 224 Å². The van der Waals surface area contributed by atoms with Gasteiger partial charge in [0.1, 0.15) is 0 Å². The predicted molar refractivity (Wildman–Crippen MR) is 153 cm³/mol. The molecule has 0 fully saturated rings. The van der Waals surface area contributed by atoms with Crippen LogP contribution in [0.1, 0.15) is 88.8 Å². The highest BCUT2D eigenvalue weighted by Crippen LogP contribution is 2.49. The zero-order chi connectivity index (χ0) is 26.6. The third-order valence-corrected chi connectivity index (χ3v) is 8.13. The first-order chi connectivity index (χ1) is 18.0. The zero-order valence-electron chi connectivity index (χ0n) is 23.1. The molecule has 3 aromatic carbocycles. The molecule has 0 bridgehead atoms. The molecule has 0 atom stereocenters. The van der Waals surface area contributed by atoms with Crippen molar-refractivity contribution < 1.29 is 13.3 Å². The Hall–Kier alpha value is -2.52. The lowest BCUT2D eigenvalue weighted by molar-refractivity contribution is -0.979. The van der Waals surface area contributed by atoms with Gasteiger partial charge in [-0.2, -0.15) is 0 Å². The van der Waals surface area contributed by atoms with Crippen molar-refractivity contribution in [3.05, 3.63) is 108 Å². The predicted octanol–water partition coefficient (Wildman–Crippen LogP) is 9.72. The average Bonchev–Trinajstić information content (AvgIpc) is 2.95. The minimum atomic E-state index is -2.90. The molecule has 0 saturated carbocycles. The fourth-order valence-electron chi connectivity index (χ4n) is 6.12. The second-order valence-corrected chi connectivity index (χ2v) is 10.5. The number of hydrogen-bond acceptors (Lipinski definition) is 0. The van der Waals surface area contributed by atoms with Crippen molar-refractivity contribution in [3.63, 3.8) is 0 Å². The number of halogens is 2. The van der Waals surface area contributed by atoms with E-state index in [1.165, 1.54) is 0 Å². The highest BCUT2D eigenvalue weighted by atomic mass is 19.3. The summed E-state index contributed by atoms with van der Waals surface area (Å²) in [6.45, 7) is 9.71. The maximum Gasteiger partial charge on any atom is 0.273 e. The summed E-state index contributed by atoms with van der Waals surface area (Å²) in [4.78, 5) is 0. The van der Waals surface area contributed by atoms with Crippen molar-refractivity contribution >= 4 is 0 Å². The number of nitrogens with zero attached hydrogens (tertiary/aromatic N) is 1. The van der Waals surface area contributed by atoms with Crippen LogP contribution in [0.25, 0.3) is 0 Å². The summed E-state index contributed by atoms with van der Waals surface area (Å²) in [5.74, 6) is -2.90. The van der Waals surface area contributed by atoms with E-state index in [1.807, 2.05) is 12.1 Å². The van der Waals surface area contributed by atoms with E-state index in [1.54, 1.807) is 30.3 Å². The second kappa shape index (κ2) is 13.9.